The summed E-state index contributed by atoms with van der Waals surface area (Å²) in [7, 11) is 0. The molecule has 9 nitrogen and oxygen atoms in total. The highest BCUT2D eigenvalue weighted by Crippen LogP contribution is 2.40. The topological polar surface area (TPSA) is 116 Å². The largest absolute Gasteiger partial charge is 0.444 e. The van der Waals surface area contributed by atoms with E-state index in [1.165, 1.54) is 6.07 Å². The van der Waals surface area contributed by atoms with E-state index in [0.29, 0.717) is 23.9 Å². The fourth-order valence-electron chi connectivity index (χ4n) is 4.48. The average Bonchev–Trinajstić information content (AvgIpc) is 2.96. The number of alkyl halides is 3. The van der Waals surface area contributed by atoms with Crippen LogP contribution in [0.2, 0.25) is 5.02 Å². The molecule has 2 N–H and O–H groups in total. The smallest absolute Gasteiger partial charge is 0.417 e. The molecule has 2 amide bonds. The summed E-state index contributed by atoms with van der Waals surface area (Å²) in [6, 6.07) is 11.6. The van der Waals surface area contributed by atoms with E-state index in [2.05, 4.69) is 15.6 Å². The van der Waals surface area contributed by atoms with Crippen LogP contribution in [0.15, 0.2) is 54.7 Å². The number of halogens is 4. The van der Waals surface area contributed by atoms with Crippen LogP contribution < -0.4 is 10.6 Å². The van der Waals surface area contributed by atoms with E-state index in [0.717, 1.165) is 30.9 Å². The molecule has 1 aliphatic rings. The summed E-state index contributed by atoms with van der Waals surface area (Å²) < 4.78 is 57.3. The van der Waals surface area contributed by atoms with Crippen LogP contribution in [0.1, 0.15) is 68.1 Å². The third-order valence-electron chi connectivity index (χ3n) is 6.53. The maximum Gasteiger partial charge on any atom is 0.417 e. The van der Waals surface area contributed by atoms with Gasteiger partial charge in [0.05, 0.1) is 40.7 Å². The molecule has 240 valence electrons. The first-order valence-electron chi connectivity index (χ1n) is 14.2. The molecule has 3 aromatic rings. The van der Waals surface area contributed by atoms with Crippen LogP contribution in [-0.2, 0) is 31.8 Å². The Kier molecular flexibility index (Phi) is 10.8. The second kappa shape index (κ2) is 14.4. The number of nitrogens with one attached hydrogen (secondary N) is 2. The van der Waals surface area contributed by atoms with Gasteiger partial charge in [0.15, 0.2) is 12.1 Å². The number of benzene rings is 2. The number of carbonyl (C=O) groups excluding carboxylic acids is 3. The number of ketones is 1. The zero-order valence-electron chi connectivity index (χ0n) is 24.9. The van der Waals surface area contributed by atoms with Gasteiger partial charge >= 0.3 is 12.3 Å². The first-order chi connectivity index (χ1) is 21.2. The maximum absolute atomic E-state index is 13.6. The zero-order valence-corrected chi connectivity index (χ0v) is 25.7. The summed E-state index contributed by atoms with van der Waals surface area (Å²) in [5.74, 6) is -1.48. The van der Waals surface area contributed by atoms with E-state index in [1.54, 1.807) is 51.2 Å². The van der Waals surface area contributed by atoms with Gasteiger partial charge in [0.25, 0.3) is 0 Å². The van der Waals surface area contributed by atoms with Crippen molar-refractivity contribution >= 4 is 40.8 Å². The van der Waals surface area contributed by atoms with E-state index in [9.17, 15) is 27.6 Å². The lowest BCUT2D eigenvalue weighted by Crippen LogP contribution is -2.28. The molecule has 45 heavy (non-hydrogen) atoms. The Labute approximate surface area is 263 Å². The van der Waals surface area contributed by atoms with Gasteiger partial charge in [-0.25, -0.2) is 4.79 Å². The van der Waals surface area contributed by atoms with Crippen LogP contribution in [0.4, 0.5) is 29.3 Å². The van der Waals surface area contributed by atoms with Gasteiger partial charge in [-0.2, -0.15) is 13.2 Å². The van der Waals surface area contributed by atoms with E-state index < -0.39 is 52.3 Å². The third-order valence-corrected chi connectivity index (χ3v) is 6.85. The summed E-state index contributed by atoms with van der Waals surface area (Å²) in [5, 5.41) is 3.89. The van der Waals surface area contributed by atoms with Gasteiger partial charge in [-0.1, -0.05) is 29.8 Å². The van der Waals surface area contributed by atoms with Crippen molar-refractivity contribution in [1.29, 1.82) is 0 Å². The van der Waals surface area contributed by atoms with E-state index in [1.807, 2.05) is 6.07 Å². The maximum atomic E-state index is 13.6. The number of hydrogen-bond donors (Lipinski definition) is 2. The van der Waals surface area contributed by atoms with Gasteiger partial charge in [0, 0.05) is 18.4 Å². The molecule has 0 radical (unpaired) electrons. The Morgan fingerprint density at radius 3 is 2.42 bits per heavy atom. The molecule has 0 saturated carbocycles. The summed E-state index contributed by atoms with van der Waals surface area (Å²) in [6.07, 6.45) is -2.28. The minimum absolute atomic E-state index is 0.215. The normalized spacial score (nSPS) is 15.3. The molecule has 1 aromatic heterocycles. The number of nitrogens with zero attached hydrogens (tertiary/aromatic N) is 1. The van der Waals surface area contributed by atoms with Gasteiger partial charge in [-0.05, 0) is 81.5 Å². The number of hydrogen-bond acceptors (Lipinski definition) is 7. The lowest BCUT2D eigenvalue weighted by Gasteiger charge is -2.22. The van der Waals surface area contributed by atoms with Crippen molar-refractivity contribution in [3.05, 3.63) is 76.6 Å². The second-order valence-corrected chi connectivity index (χ2v) is 11.8. The van der Waals surface area contributed by atoms with Gasteiger partial charge < -0.3 is 19.5 Å². The van der Waals surface area contributed by atoms with E-state index in [-0.39, 0.29) is 24.1 Å². The highest BCUT2D eigenvalue weighted by atomic mass is 35.5. The standard InChI is InChI=1S/C32H33ClF3N3O6/c1-31(2,3)45-30(42)39-26-16-24(33)23(32(34,35)36)15-25(26)38-28(41)17-27(40)21-8-6-7-19(13-21)20-10-11-37-22(14-20)18-44-29-9-4-5-12-43-29/h6-8,10-11,13-16,29H,4-5,9,12,17-18H2,1-3H3,(H,38,41)(H,39,42). The highest BCUT2D eigenvalue weighted by molar-refractivity contribution is 6.32. The molecule has 0 bridgehead atoms. The molecule has 1 atom stereocenters. The van der Waals surface area contributed by atoms with Crippen LogP contribution in [0, 0.1) is 0 Å². The molecule has 1 fully saturated rings. The fraction of sp³-hybridized carbons (Fsp3) is 0.375. The lowest BCUT2D eigenvalue weighted by atomic mass is 10.00. The number of carbonyl (C=O) groups is 3. The molecule has 1 aliphatic heterocycles. The number of aromatic nitrogens is 1. The molecule has 0 aliphatic carbocycles. The van der Waals surface area contributed by atoms with Crippen molar-refractivity contribution in [2.24, 2.45) is 0 Å². The molecule has 1 unspecified atom stereocenters. The Morgan fingerprint density at radius 1 is 1.00 bits per heavy atom. The number of amides is 2. The number of Topliss-reactive ketones (excluding diaryl/α,β-unsaturated/α-hetero) is 1. The highest BCUT2D eigenvalue weighted by Gasteiger charge is 2.35. The van der Waals surface area contributed by atoms with Gasteiger partial charge in [0.1, 0.15) is 5.60 Å². The predicted molar refractivity (Wildman–Crippen MR) is 162 cm³/mol. The Bertz CT molecular complexity index is 1550. The quantitative estimate of drug-likeness (QED) is 0.178. The number of rotatable bonds is 9. The molecule has 2 aromatic carbocycles. The Morgan fingerprint density at radius 2 is 1.73 bits per heavy atom. The minimum atomic E-state index is -4.85. The molecule has 1 saturated heterocycles. The summed E-state index contributed by atoms with van der Waals surface area (Å²) in [5.41, 5.74) is -0.434. The Hall–Kier alpha value is -4.00. The Balaban J connectivity index is 1.47. The number of pyridine rings is 1. The van der Waals surface area contributed by atoms with Crippen LogP contribution >= 0.6 is 11.6 Å². The number of anilines is 2. The van der Waals surface area contributed by atoms with Crippen molar-refractivity contribution in [2.75, 3.05) is 17.2 Å². The predicted octanol–water partition coefficient (Wildman–Crippen LogP) is 8.02. The SMILES string of the molecule is CC(C)(C)OC(=O)Nc1cc(Cl)c(C(F)(F)F)cc1NC(=O)CC(=O)c1cccc(-c2ccnc(COC3CCCCO3)c2)c1. The number of ether oxygens (including phenoxy) is 3. The zero-order chi connectivity index (χ0) is 32.8. The van der Waals surface area contributed by atoms with Crippen LogP contribution in [0.25, 0.3) is 11.1 Å². The fourth-order valence-corrected chi connectivity index (χ4v) is 4.75. The monoisotopic (exact) mass is 647 g/mol. The summed E-state index contributed by atoms with van der Waals surface area (Å²) >= 11 is 5.84. The van der Waals surface area contributed by atoms with Gasteiger partial charge in [-0.3, -0.25) is 19.9 Å². The third kappa shape index (κ3) is 10.0. The summed E-state index contributed by atoms with van der Waals surface area (Å²) in [4.78, 5) is 42.6. The molecule has 0 spiro atoms. The van der Waals surface area contributed by atoms with Crippen LogP contribution in [-0.4, -0.2) is 41.3 Å². The van der Waals surface area contributed by atoms with Crippen molar-refractivity contribution in [3.8, 4) is 11.1 Å². The first kappa shape index (κ1) is 33.9. The molecule has 4 rings (SSSR count). The molecule has 2 heterocycles. The van der Waals surface area contributed by atoms with Crippen molar-refractivity contribution in [1.82, 2.24) is 4.98 Å². The summed E-state index contributed by atoms with van der Waals surface area (Å²) in [6.45, 7) is 5.72. The molecular formula is C32H33ClF3N3O6. The lowest BCUT2D eigenvalue weighted by molar-refractivity contribution is -0.169. The first-order valence-corrected chi connectivity index (χ1v) is 14.6. The van der Waals surface area contributed by atoms with E-state index in [4.69, 9.17) is 25.8 Å². The van der Waals surface area contributed by atoms with Crippen molar-refractivity contribution < 1.29 is 41.8 Å². The van der Waals surface area contributed by atoms with Crippen molar-refractivity contribution in [3.63, 3.8) is 0 Å². The van der Waals surface area contributed by atoms with Gasteiger partial charge in [0.2, 0.25) is 5.91 Å². The molecular weight excluding hydrogens is 615 g/mol. The van der Waals surface area contributed by atoms with Crippen molar-refractivity contribution in [2.45, 2.75) is 71.1 Å². The minimum Gasteiger partial charge on any atom is -0.444 e. The van der Waals surface area contributed by atoms with Crippen LogP contribution in [0.5, 0.6) is 0 Å². The molecule has 13 heteroatoms. The second-order valence-electron chi connectivity index (χ2n) is 11.4. The average molecular weight is 648 g/mol. The van der Waals surface area contributed by atoms with Gasteiger partial charge in [-0.15, -0.1) is 0 Å². The van der Waals surface area contributed by atoms with Crippen LogP contribution in [0.3, 0.4) is 0 Å². The van der Waals surface area contributed by atoms with E-state index >= 15 is 0 Å².